The standard InChI is InChI=1S/C11H12N4O2/c12-10-4-6-15(14-10)7-11(16)17-8-9-3-1-2-5-13-9/h1-6H,7-8H2,(H2,12,14). The fraction of sp³-hybridized carbons (Fsp3) is 0.182. The second-order valence-corrected chi connectivity index (χ2v) is 3.42. The molecule has 6 heteroatoms. The Morgan fingerprint density at radius 1 is 1.41 bits per heavy atom. The lowest BCUT2D eigenvalue weighted by molar-refractivity contribution is -0.146. The van der Waals surface area contributed by atoms with Crippen molar-refractivity contribution in [1.82, 2.24) is 14.8 Å². The molecule has 6 nitrogen and oxygen atoms in total. The maximum atomic E-state index is 11.4. The van der Waals surface area contributed by atoms with Crippen LogP contribution in [0.1, 0.15) is 5.69 Å². The Hall–Kier alpha value is -2.37. The molecule has 0 aliphatic rings. The first-order chi connectivity index (χ1) is 8.24. The third kappa shape index (κ3) is 3.30. The van der Waals surface area contributed by atoms with Gasteiger partial charge in [0.2, 0.25) is 0 Å². The number of ether oxygens (including phenoxy) is 1. The van der Waals surface area contributed by atoms with E-state index in [0.717, 1.165) is 0 Å². The van der Waals surface area contributed by atoms with Gasteiger partial charge < -0.3 is 10.5 Å². The van der Waals surface area contributed by atoms with Crippen LogP contribution in [-0.2, 0) is 22.7 Å². The molecule has 0 aliphatic carbocycles. The van der Waals surface area contributed by atoms with Gasteiger partial charge in [0.05, 0.1) is 5.69 Å². The third-order valence-corrected chi connectivity index (χ3v) is 2.06. The SMILES string of the molecule is Nc1ccn(CC(=O)OCc2ccccn2)n1. The number of anilines is 1. The van der Waals surface area contributed by atoms with E-state index >= 15 is 0 Å². The molecule has 2 heterocycles. The normalized spacial score (nSPS) is 10.1. The fourth-order valence-electron chi connectivity index (χ4n) is 1.28. The summed E-state index contributed by atoms with van der Waals surface area (Å²) in [5, 5.41) is 3.88. The molecular formula is C11H12N4O2. The van der Waals surface area contributed by atoms with Crippen molar-refractivity contribution >= 4 is 11.8 Å². The molecule has 0 atom stereocenters. The zero-order valence-corrected chi connectivity index (χ0v) is 9.11. The van der Waals surface area contributed by atoms with Crippen molar-refractivity contribution in [2.24, 2.45) is 0 Å². The quantitative estimate of drug-likeness (QED) is 0.780. The van der Waals surface area contributed by atoms with Crippen LogP contribution in [0.3, 0.4) is 0 Å². The molecule has 0 radical (unpaired) electrons. The molecule has 0 spiro atoms. The van der Waals surface area contributed by atoms with Crippen LogP contribution in [0.4, 0.5) is 5.82 Å². The van der Waals surface area contributed by atoms with Gasteiger partial charge in [-0.2, -0.15) is 5.10 Å². The van der Waals surface area contributed by atoms with Crippen LogP contribution in [0.5, 0.6) is 0 Å². The second-order valence-electron chi connectivity index (χ2n) is 3.42. The summed E-state index contributed by atoms with van der Waals surface area (Å²) in [6.45, 7) is 0.209. The van der Waals surface area contributed by atoms with Gasteiger partial charge in [0.15, 0.2) is 0 Å². The first-order valence-electron chi connectivity index (χ1n) is 5.08. The monoisotopic (exact) mass is 232 g/mol. The smallest absolute Gasteiger partial charge is 0.328 e. The molecule has 0 bridgehead atoms. The average Bonchev–Trinajstić information content (AvgIpc) is 2.73. The minimum atomic E-state index is -0.376. The Morgan fingerprint density at radius 3 is 2.94 bits per heavy atom. The molecule has 2 aromatic heterocycles. The predicted molar refractivity (Wildman–Crippen MR) is 60.7 cm³/mol. The van der Waals surface area contributed by atoms with Crippen molar-refractivity contribution in [2.45, 2.75) is 13.2 Å². The van der Waals surface area contributed by atoms with Gasteiger partial charge in [-0.25, -0.2) is 0 Å². The van der Waals surface area contributed by atoms with Gasteiger partial charge in [-0.05, 0) is 18.2 Å². The minimum Gasteiger partial charge on any atom is -0.458 e. The number of rotatable bonds is 4. The van der Waals surface area contributed by atoms with Crippen molar-refractivity contribution in [1.29, 1.82) is 0 Å². The highest BCUT2D eigenvalue weighted by atomic mass is 16.5. The molecule has 0 aromatic carbocycles. The van der Waals surface area contributed by atoms with E-state index in [4.69, 9.17) is 10.5 Å². The minimum absolute atomic E-state index is 0.0457. The van der Waals surface area contributed by atoms with Crippen molar-refractivity contribution in [2.75, 3.05) is 5.73 Å². The Labute approximate surface area is 98.0 Å². The molecule has 0 amide bonds. The van der Waals surface area contributed by atoms with Crippen molar-refractivity contribution in [3.05, 3.63) is 42.4 Å². The number of nitrogens with two attached hydrogens (primary N) is 1. The number of pyridine rings is 1. The molecule has 88 valence electrons. The van der Waals surface area contributed by atoms with Gasteiger partial charge in [0.25, 0.3) is 0 Å². The number of hydrogen-bond acceptors (Lipinski definition) is 5. The van der Waals surface area contributed by atoms with E-state index in [-0.39, 0.29) is 19.1 Å². The van der Waals surface area contributed by atoms with E-state index in [1.165, 1.54) is 4.68 Å². The summed E-state index contributed by atoms with van der Waals surface area (Å²) in [5.41, 5.74) is 6.13. The molecule has 0 fully saturated rings. The zero-order chi connectivity index (χ0) is 12.1. The average molecular weight is 232 g/mol. The first kappa shape index (κ1) is 11.1. The van der Waals surface area contributed by atoms with Crippen LogP contribution in [0.2, 0.25) is 0 Å². The van der Waals surface area contributed by atoms with Crippen LogP contribution in [0, 0.1) is 0 Å². The largest absolute Gasteiger partial charge is 0.458 e. The fourth-order valence-corrected chi connectivity index (χ4v) is 1.28. The Morgan fingerprint density at radius 2 is 2.29 bits per heavy atom. The number of aromatic nitrogens is 3. The van der Waals surface area contributed by atoms with E-state index < -0.39 is 0 Å². The summed E-state index contributed by atoms with van der Waals surface area (Å²) in [7, 11) is 0. The summed E-state index contributed by atoms with van der Waals surface area (Å²) < 4.78 is 6.46. The Balaban J connectivity index is 1.82. The van der Waals surface area contributed by atoms with E-state index in [9.17, 15) is 4.79 Å². The van der Waals surface area contributed by atoms with Crippen LogP contribution in [0.25, 0.3) is 0 Å². The molecule has 2 N–H and O–H groups in total. The van der Waals surface area contributed by atoms with Crippen LogP contribution >= 0.6 is 0 Å². The summed E-state index contributed by atoms with van der Waals surface area (Å²) in [4.78, 5) is 15.5. The van der Waals surface area contributed by atoms with Crippen LogP contribution in [0.15, 0.2) is 36.7 Å². The lowest BCUT2D eigenvalue weighted by Gasteiger charge is -2.04. The summed E-state index contributed by atoms with van der Waals surface area (Å²) in [6.07, 6.45) is 3.27. The summed E-state index contributed by atoms with van der Waals surface area (Å²) in [6, 6.07) is 7.05. The zero-order valence-electron chi connectivity index (χ0n) is 9.11. The highest BCUT2D eigenvalue weighted by Crippen LogP contribution is 1.99. The Bertz CT molecular complexity index is 495. The lowest BCUT2D eigenvalue weighted by atomic mass is 10.4. The van der Waals surface area contributed by atoms with Crippen LogP contribution < -0.4 is 5.73 Å². The van der Waals surface area contributed by atoms with Gasteiger partial charge in [0.1, 0.15) is 19.0 Å². The second kappa shape index (κ2) is 5.11. The Kier molecular flexibility index (Phi) is 3.34. The van der Waals surface area contributed by atoms with Gasteiger partial charge in [-0.1, -0.05) is 6.07 Å². The van der Waals surface area contributed by atoms with Gasteiger partial charge in [-0.15, -0.1) is 0 Å². The van der Waals surface area contributed by atoms with Crippen molar-refractivity contribution in [3.63, 3.8) is 0 Å². The highest BCUT2D eigenvalue weighted by Gasteiger charge is 2.05. The number of carbonyl (C=O) groups is 1. The molecular weight excluding hydrogens is 220 g/mol. The summed E-state index contributed by atoms with van der Waals surface area (Å²) in [5.74, 6) is 0.00118. The number of carbonyl (C=O) groups excluding carboxylic acids is 1. The molecule has 0 saturated heterocycles. The van der Waals surface area contributed by atoms with Gasteiger partial charge in [0, 0.05) is 12.4 Å². The van der Waals surface area contributed by atoms with Crippen molar-refractivity contribution in [3.8, 4) is 0 Å². The van der Waals surface area contributed by atoms with Gasteiger partial charge in [-0.3, -0.25) is 14.5 Å². The molecule has 0 aliphatic heterocycles. The molecule has 2 aromatic rings. The van der Waals surface area contributed by atoms with E-state index in [2.05, 4.69) is 10.1 Å². The van der Waals surface area contributed by atoms with Crippen LogP contribution in [-0.4, -0.2) is 20.7 Å². The highest BCUT2D eigenvalue weighted by molar-refractivity contribution is 5.69. The molecule has 0 unspecified atom stereocenters. The van der Waals surface area contributed by atoms with E-state index in [0.29, 0.717) is 11.5 Å². The molecule has 2 rings (SSSR count). The predicted octanol–water partition coefficient (Wildman–Crippen LogP) is 0.604. The third-order valence-electron chi connectivity index (χ3n) is 2.06. The number of esters is 1. The molecule has 17 heavy (non-hydrogen) atoms. The maximum Gasteiger partial charge on any atom is 0.328 e. The number of nitrogen functional groups attached to an aromatic ring is 1. The van der Waals surface area contributed by atoms with E-state index in [1.807, 2.05) is 6.07 Å². The number of hydrogen-bond donors (Lipinski definition) is 1. The number of nitrogens with zero attached hydrogens (tertiary/aromatic N) is 3. The molecule has 0 saturated carbocycles. The van der Waals surface area contributed by atoms with Crippen molar-refractivity contribution < 1.29 is 9.53 Å². The van der Waals surface area contributed by atoms with E-state index in [1.54, 1.807) is 30.6 Å². The first-order valence-corrected chi connectivity index (χ1v) is 5.08. The maximum absolute atomic E-state index is 11.4. The topological polar surface area (TPSA) is 83.0 Å². The summed E-state index contributed by atoms with van der Waals surface area (Å²) >= 11 is 0. The van der Waals surface area contributed by atoms with Gasteiger partial charge >= 0.3 is 5.97 Å². The lowest BCUT2D eigenvalue weighted by Crippen LogP contribution is -2.14.